The molecule has 0 aromatic rings. The summed E-state index contributed by atoms with van der Waals surface area (Å²) in [5.41, 5.74) is 0. The van der Waals surface area contributed by atoms with Crippen molar-refractivity contribution in [2.24, 2.45) is 41.4 Å². The van der Waals surface area contributed by atoms with E-state index in [2.05, 4.69) is 10.8 Å². The first-order chi connectivity index (χ1) is 14.2. The molecule has 10 heteroatoms. The summed E-state index contributed by atoms with van der Waals surface area (Å²) >= 11 is 0. The van der Waals surface area contributed by atoms with E-state index in [0.29, 0.717) is 18.8 Å². The molecule has 0 amide bonds. The van der Waals surface area contributed by atoms with Crippen LogP contribution < -0.4 is 0 Å². The van der Waals surface area contributed by atoms with Crippen LogP contribution in [0.25, 0.3) is 0 Å². The third kappa shape index (κ3) is 2.85. The van der Waals surface area contributed by atoms with Gasteiger partial charge in [-0.1, -0.05) is 12.2 Å². The Morgan fingerprint density at radius 3 is 2.53 bits per heavy atom. The number of carbonyl (C=O) groups is 3. The molecule has 0 radical (unpaired) electrons. The van der Waals surface area contributed by atoms with Gasteiger partial charge in [-0.15, -0.1) is 0 Å². The number of carbonyl (C=O) groups excluding carboxylic acids is 3. The molecule has 3 saturated carbocycles. The van der Waals surface area contributed by atoms with Crippen LogP contribution >= 0.6 is 0 Å². The SMILES string of the molecule is O=C(OC1C2CC3C1OC(=O)C3C2C(=O)OCC(F)(F)C(F)F)C1CC2C=CC1C2. The molecule has 0 N–H and O–H groups in total. The van der Waals surface area contributed by atoms with E-state index < -0.39 is 66.8 Å². The Hall–Kier alpha value is -2.13. The van der Waals surface area contributed by atoms with E-state index in [-0.39, 0.29) is 17.8 Å². The van der Waals surface area contributed by atoms with Gasteiger partial charge in [0.2, 0.25) is 0 Å². The van der Waals surface area contributed by atoms with Gasteiger partial charge in [0.05, 0.1) is 17.8 Å². The van der Waals surface area contributed by atoms with Crippen molar-refractivity contribution >= 4 is 17.9 Å². The van der Waals surface area contributed by atoms with Crippen molar-refractivity contribution in [1.82, 2.24) is 0 Å². The van der Waals surface area contributed by atoms with E-state index >= 15 is 0 Å². The molecule has 9 unspecified atom stereocenters. The van der Waals surface area contributed by atoms with Gasteiger partial charge in [0, 0.05) is 11.8 Å². The zero-order valence-corrected chi connectivity index (χ0v) is 15.7. The Morgan fingerprint density at radius 1 is 1.13 bits per heavy atom. The molecule has 5 rings (SSSR count). The minimum atomic E-state index is -4.48. The normalized spacial score (nSPS) is 42.8. The molecule has 30 heavy (non-hydrogen) atoms. The summed E-state index contributed by atoms with van der Waals surface area (Å²) in [5.74, 6) is -9.59. The fourth-order valence-corrected chi connectivity index (χ4v) is 6.07. The topological polar surface area (TPSA) is 78.9 Å². The summed E-state index contributed by atoms with van der Waals surface area (Å²) in [6.45, 7) is -1.77. The number of esters is 3. The average Bonchev–Trinajstić information content (AvgIpc) is 3.47. The number of rotatable bonds is 6. The van der Waals surface area contributed by atoms with Crippen LogP contribution in [-0.2, 0) is 28.6 Å². The molecule has 4 bridgehead atoms. The lowest BCUT2D eigenvalue weighted by Gasteiger charge is -2.31. The molecule has 4 fully saturated rings. The van der Waals surface area contributed by atoms with Gasteiger partial charge in [0.1, 0.15) is 12.2 Å². The fraction of sp³-hybridized carbons (Fsp3) is 0.750. The third-order valence-electron chi connectivity index (χ3n) is 7.38. The summed E-state index contributed by atoms with van der Waals surface area (Å²) in [7, 11) is 0. The predicted octanol–water partition coefficient (Wildman–Crippen LogP) is 2.36. The third-order valence-corrected chi connectivity index (χ3v) is 7.38. The van der Waals surface area contributed by atoms with Crippen molar-refractivity contribution in [2.45, 2.75) is 43.8 Å². The van der Waals surface area contributed by atoms with Crippen LogP contribution in [0.15, 0.2) is 12.2 Å². The van der Waals surface area contributed by atoms with Crippen molar-refractivity contribution in [2.75, 3.05) is 6.61 Å². The second kappa shape index (κ2) is 6.68. The molecule has 0 aromatic heterocycles. The molecule has 5 aliphatic rings. The lowest BCUT2D eigenvalue weighted by molar-refractivity contribution is -0.187. The first kappa shape index (κ1) is 19.8. The Balaban J connectivity index is 1.29. The van der Waals surface area contributed by atoms with Crippen LogP contribution in [0.2, 0.25) is 0 Å². The molecule has 1 aliphatic heterocycles. The summed E-state index contributed by atoms with van der Waals surface area (Å²) in [5, 5.41) is 0. The van der Waals surface area contributed by atoms with E-state index in [0.717, 1.165) is 6.42 Å². The van der Waals surface area contributed by atoms with Crippen LogP contribution in [0.3, 0.4) is 0 Å². The van der Waals surface area contributed by atoms with Crippen molar-refractivity contribution in [3.8, 4) is 0 Å². The maximum absolute atomic E-state index is 13.1. The second-order valence-corrected chi connectivity index (χ2v) is 8.97. The molecule has 9 atom stereocenters. The van der Waals surface area contributed by atoms with Gasteiger partial charge in [-0.05, 0) is 31.1 Å². The number of fused-ring (bicyclic) bond motifs is 3. The number of hydrogen-bond donors (Lipinski definition) is 0. The summed E-state index contributed by atoms with van der Waals surface area (Å²) < 4.78 is 66.5. The Labute approximate surface area is 168 Å². The van der Waals surface area contributed by atoms with Gasteiger partial charge < -0.3 is 14.2 Å². The lowest BCUT2D eigenvalue weighted by Crippen LogP contribution is -2.45. The van der Waals surface area contributed by atoms with Gasteiger partial charge >= 0.3 is 30.3 Å². The molecule has 0 spiro atoms. The number of halogens is 4. The molecule has 6 nitrogen and oxygen atoms in total. The van der Waals surface area contributed by atoms with Gasteiger partial charge in [-0.3, -0.25) is 14.4 Å². The highest BCUT2D eigenvalue weighted by Gasteiger charge is 2.70. The van der Waals surface area contributed by atoms with E-state index in [4.69, 9.17) is 9.47 Å². The number of allylic oxidation sites excluding steroid dienone is 2. The van der Waals surface area contributed by atoms with Crippen LogP contribution in [0.5, 0.6) is 0 Å². The Bertz CT molecular complexity index is 813. The van der Waals surface area contributed by atoms with E-state index in [9.17, 15) is 31.9 Å². The maximum atomic E-state index is 13.1. The fourth-order valence-electron chi connectivity index (χ4n) is 6.07. The first-order valence-electron chi connectivity index (χ1n) is 10.1. The smallest absolute Gasteiger partial charge is 0.340 e. The van der Waals surface area contributed by atoms with Crippen molar-refractivity contribution in [3.63, 3.8) is 0 Å². The largest absolute Gasteiger partial charge is 0.459 e. The highest BCUT2D eigenvalue weighted by atomic mass is 19.3. The van der Waals surface area contributed by atoms with Crippen LogP contribution in [0.1, 0.15) is 19.3 Å². The summed E-state index contributed by atoms with van der Waals surface area (Å²) in [6, 6.07) is 0. The Morgan fingerprint density at radius 2 is 1.90 bits per heavy atom. The van der Waals surface area contributed by atoms with Gasteiger partial charge in [-0.25, -0.2) is 8.78 Å². The molecular formula is C20H20F4O6. The zero-order valence-electron chi connectivity index (χ0n) is 15.7. The number of hydrogen-bond acceptors (Lipinski definition) is 6. The second-order valence-electron chi connectivity index (χ2n) is 8.97. The molecule has 164 valence electrons. The quantitative estimate of drug-likeness (QED) is 0.278. The zero-order chi connectivity index (χ0) is 21.4. The number of ether oxygens (including phenoxy) is 3. The molecular weight excluding hydrogens is 412 g/mol. The highest BCUT2D eigenvalue weighted by Crippen LogP contribution is 2.59. The van der Waals surface area contributed by atoms with Crippen molar-refractivity contribution in [1.29, 1.82) is 0 Å². The van der Waals surface area contributed by atoms with Crippen molar-refractivity contribution < 1.29 is 46.2 Å². The lowest BCUT2D eigenvalue weighted by atomic mass is 9.78. The van der Waals surface area contributed by atoms with Crippen LogP contribution in [-0.4, -0.2) is 49.1 Å². The van der Waals surface area contributed by atoms with Gasteiger partial charge in [0.25, 0.3) is 0 Å². The molecule has 1 heterocycles. The summed E-state index contributed by atoms with van der Waals surface area (Å²) in [4.78, 5) is 37.5. The van der Waals surface area contributed by atoms with Crippen molar-refractivity contribution in [3.05, 3.63) is 12.2 Å². The average molecular weight is 432 g/mol. The van der Waals surface area contributed by atoms with E-state index in [1.807, 2.05) is 6.08 Å². The molecule has 0 aromatic carbocycles. The van der Waals surface area contributed by atoms with E-state index in [1.54, 1.807) is 0 Å². The maximum Gasteiger partial charge on any atom is 0.340 e. The van der Waals surface area contributed by atoms with Crippen LogP contribution in [0.4, 0.5) is 17.6 Å². The minimum Gasteiger partial charge on any atom is -0.459 e. The highest BCUT2D eigenvalue weighted by molar-refractivity contribution is 5.86. The molecule has 4 aliphatic carbocycles. The Kier molecular flexibility index (Phi) is 4.41. The minimum absolute atomic E-state index is 0.109. The van der Waals surface area contributed by atoms with E-state index in [1.165, 1.54) is 0 Å². The number of alkyl halides is 4. The standard InChI is InChI=1S/C20H20F4O6/c21-19(22)20(23,24)6-28-17(26)12-10-5-11-13(12)18(27)30-15(11)14(10)29-16(25)9-4-7-1-2-8(9)3-7/h1-2,7-15,19H,3-6H2. The van der Waals surface area contributed by atoms with Gasteiger partial charge in [-0.2, -0.15) is 8.78 Å². The first-order valence-corrected chi connectivity index (χ1v) is 10.1. The monoisotopic (exact) mass is 432 g/mol. The predicted molar refractivity (Wildman–Crippen MR) is 89.1 cm³/mol. The molecule has 1 saturated heterocycles. The van der Waals surface area contributed by atoms with Crippen LogP contribution in [0, 0.1) is 41.4 Å². The van der Waals surface area contributed by atoms with Gasteiger partial charge in [0.15, 0.2) is 6.61 Å². The summed E-state index contributed by atoms with van der Waals surface area (Å²) in [6.07, 6.45) is 0.494.